The Hall–Kier alpha value is -0.410. The molecule has 3 heteroatoms. The van der Waals surface area contributed by atoms with Crippen LogP contribution in [0.4, 0.5) is 0 Å². The summed E-state index contributed by atoms with van der Waals surface area (Å²) in [5.41, 5.74) is -0.211. The molecule has 2 saturated heterocycles. The Bertz CT molecular complexity index is 257. The Labute approximate surface area is 106 Å². The van der Waals surface area contributed by atoms with Gasteiger partial charge in [-0.15, -0.1) is 0 Å². The average molecular weight is 240 g/mol. The van der Waals surface area contributed by atoms with Crippen LogP contribution in [0.5, 0.6) is 0 Å². The van der Waals surface area contributed by atoms with Crippen LogP contribution in [0.15, 0.2) is 0 Å². The highest BCUT2D eigenvalue weighted by atomic mass is 16.1. The molecule has 2 aliphatic rings. The maximum Gasteiger partial charge on any atom is 0.155 e. The molecule has 17 heavy (non-hydrogen) atoms. The summed E-state index contributed by atoms with van der Waals surface area (Å²) in [5, 5.41) is 6.82. The summed E-state index contributed by atoms with van der Waals surface area (Å²) >= 11 is 0. The van der Waals surface area contributed by atoms with Gasteiger partial charge in [0.05, 0.1) is 6.04 Å². The minimum Gasteiger partial charge on any atom is -0.316 e. The lowest BCUT2D eigenvalue weighted by Crippen LogP contribution is -2.45. The molecular formula is C14H28N2O. The molecule has 3 unspecified atom stereocenters. The average Bonchev–Trinajstić information content (AvgIpc) is 2.73. The second-order valence-corrected chi connectivity index (χ2v) is 5.92. The molecule has 0 bridgehead atoms. The molecule has 0 aromatic carbocycles. The highest BCUT2D eigenvalue weighted by molar-refractivity contribution is 5.89. The first kappa shape index (κ1) is 14.7. The van der Waals surface area contributed by atoms with E-state index in [1.165, 1.54) is 0 Å². The molecule has 0 amide bonds. The number of ketones is 1. The Kier molecular flexibility index (Phi) is 5.14. The molecule has 3 atom stereocenters. The highest BCUT2D eigenvalue weighted by Gasteiger charge is 2.43. The molecule has 100 valence electrons. The molecule has 2 N–H and O–H groups in total. The zero-order chi connectivity index (χ0) is 13.1. The van der Waals surface area contributed by atoms with Crippen molar-refractivity contribution in [3.05, 3.63) is 0 Å². The van der Waals surface area contributed by atoms with Crippen LogP contribution in [0.1, 0.15) is 41.0 Å². The highest BCUT2D eigenvalue weighted by Crippen LogP contribution is 2.32. The molecular weight excluding hydrogens is 212 g/mol. The predicted octanol–water partition coefficient (Wildman–Crippen LogP) is 1.83. The number of hydrogen-bond donors (Lipinski definition) is 2. The molecule has 2 heterocycles. The van der Waals surface area contributed by atoms with E-state index in [0.717, 1.165) is 26.1 Å². The summed E-state index contributed by atoms with van der Waals surface area (Å²) in [4.78, 5) is 12.2. The van der Waals surface area contributed by atoms with Gasteiger partial charge in [-0.2, -0.15) is 0 Å². The SMILES string of the molecule is CC.CC(C)(C)C(=O)C1NCC2CNCCC21. The van der Waals surface area contributed by atoms with E-state index in [1.54, 1.807) is 0 Å². The smallest absolute Gasteiger partial charge is 0.155 e. The first-order chi connectivity index (χ1) is 8.00. The minimum absolute atomic E-state index is 0.108. The number of nitrogens with one attached hydrogen (secondary N) is 2. The lowest BCUT2D eigenvalue weighted by Gasteiger charge is -2.31. The molecule has 2 fully saturated rings. The molecule has 0 aliphatic carbocycles. The fourth-order valence-electron chi connectivity index (χ4n) is 2.79. The Morgan fingerprint density at radius 1 is 1.18 bits per heavy atom. The number of carbonyl (C=O) groups excluding carboxylic acids is 1. The molecule has 3 nitrogen and oxygen atoms in total. The molecule has 0 radical (unpaired) electrons. The van der Waals surface area contributed by atoms with Crippen LogP contribution < -0.4 is 10.6 Å². The van der Waals surface area contributed by atoms with Gasteiger partial charge in [-0.3, -0.25) is 4.79 Å². The number of fused-ring (bicyclic) bond motifs is 1. The molecule has 2 rings (SSSR count). The Balaban J connectivity index is 0.000000686. The molecule has 0 saturated carbocycles. The Morgan fingerprint density at radius 2 is 1.82 bits per heavy atom. The monoisotopic (exact) mass is 240 g/mol. The standard InChI is InChI=1S/C12H22N2O.C2H6/c1-12(2,3)11(15)10-9-4-5-13-6-8(9)7-14-10;1-2/h8-10,13-14H,4-7H2,1-3H3;1-2H3. The maximum absolute atomic E-state index is 12.2. The van der Waals surface area contributed by atoms with E-state index in [9.17, 15) is 4.79 Å². The number of rotatable bonds is 1. The van der Waals surface area contributed by atoms with Crippen molar-refractivity contribution in [2.45, 2.75) is 47.1 Å². The van der Waals surface area contributed by atoms with E-state index in [2.05, 4.69) is 10.6 Å². The van der Waals surface area contributed by atoms with Gasteiger partial charge in [0.2, 0.25) is 0 Å². The van der Waals surface area contributed by atoms with Gasteiger partial charge in [-0.1, -0.05) is 34.6 Å². The lowest BCUT2D eigenvalue weighted by molar-refractivity contribution is -0.129. The third kappa shape index (κ3) is 3.29. The number of Topliss-reactive ketones (excluding diaryl/α,β-unsaturated/α-hetero) is 1. The van der Waals surface area contributed by atoms with Crippen molar-refractivity contribution < 1.29 is 4.79 Å². The first-order valence-corrected chi connectivity index (χ1v) is 6.98. The molecule has 0 spiro atoms. The van der Waals surface area contributed by atoms with Crippen LogP contribution in [0, 0.1) is 17.3 Å². The van der Waals surface area contributed by atoms with Gasteiger partial charge in [-0.05, 0) is 31.3 Å². The van der Waals surface area contributed by atoms with E-state index in [-0.39, 0.29) is 11.5 Å². The van der Waals surface area contributed by atoms with Gasteiger partial charge in [0.15, 0.2) is 5.78 Å². The van der Waals surface area contributed by atoms with Crippen molar-refractivity contribution >= 4 is 5.78 Å². The zero-order valence-corrected chi connectivity index (χ0v) is 12.0. The van der Waals surface area contributed by atoms with Crippen LogP contribution in [-0.2, 0) is 4.79 Å². The zero-order valence-electron chi connectivity index (χ0n) is 12.0. The van der Waals surface area contributed by atoms with E-state index in [0.29, 0.717) is 17.6 Å². The fourth-order valence-corrected chi connectivity index (χ4v) is 2.79. The number of piperidine rings is 1. The topological polar surface area (TPSA) is 41.1 Å². The summed E-state index contributed by atoms with van der Waals surface area (Å²) < 4.78 is 0. The normalized spacial score (nSPS) is 32.4. The quantitative estimate of drug-likeness (QED) is 0.734. The van der Waals surface area contributed by atoms with Crippen LogP contribution in [-0.4, -0.2) is 31.5 Å². The number of carbonyl (C=O) groups is 1. The van der Waals surface area contributed by atoms with Crippen molar-refractivity contribution in [1.29, 1.82) is 0 Å². The minimum atomic E-state index is -0.211. The van der Waals surface area contributed by atoms with E-state index in [4.69, 9.17) is 0 Å². The van der Waals surface area contributed by atoms with Gasteiger partial charge < -0.3 is 10.6 Å². The summed E-state index contributed by atoms with van der Waals surface area (Å²) in [7, 11) is 0. The van der Waals surface area contributed by atoms with Crippen molar-refractivity contribution in [2.75, 3.05) is 19.6 Å². The fraction of sp³-hybridized carbons (Fsp3) is 0.929. The largest absolute Gasteiger partial charge is 0.316 e. The van der Waals surface area contributed by atoms with E-state index in [1.807, 2.05) is 34.6 Å². The summed E-state index contributed by atoms with van der Waals surface area (Å²) in [6, 6.07) is 0.108. The van der Waals surface area contributed by atoms with Gasteiger partial charge in [0.25, 0.3) is 0 Å². The lowest BCUT2D eigenvalue weighted by atomic mass is 9.77. The molecule has 0 aromatic rings. The van der Waals surface area contributed by atoms with Gasteiger partial charge in [-0.25, -0.2) is 0 Å². The first-order valence-electron chi connectivity index (χ1n) is 6.98. The third-order valence-corrected chi connectivity index (χ3v) is 3.72. The van der Waals surface area contributed by atoms with Crippen molar-refractivity contribution in [3.8, 4) is 0 Å². The number of hydrogen-bond acceptors (Lipinski definition) is 3. The van der Waals surface area contributed by atoms with Crippen LogP contribution in [0.25, 0.3) is 0 Å². The maximum atomic E-state index is 12.2. The van der Waals surface area contributed by atoms with Gasteiger partial charge in [0.1, 0.15) is 0 Å². The molecule has 2 aliphatic heterocycles. The molecule has 0 aromatic heterocycles. The van der Waals surface area contributed by atoms with Crippen molar-refractivity contribution in [1.82, 2.24) is 10.6 Å². The van der Waals surface area contributed by atoms with Crippen molar-refractivity contribution in [2.24, 2.45) is 17.3 Å². The van der Waals surface area contributed by atoms with Crippen LogP contribution in [0.2, 0.25) is 0 Å². The Morgan fingerprint density at radius 3 is 2.41 bits per heavy atom. The van der Waals surface area contributed by atoms with Gasteiger partial charge >= 0.3 is 0 Å². The van der Waals surface area contributed by atoms with E-state index < -0.39 is 0 Å². The third-order valence-electron chi connectivity index (χ3n) is 3.72. The summed E-state index contributed by atoms with van der Waals surface area (Å²) in [6.07, 6.45) is 1.14. The summed E-state index contributed by atoms with van der Waals surface area (Å²) in [6.45, 7) is 13.2. The van der Waals surface area contributed by atoms with Gasteiger partial charge in [0, 0.05) is 12.0 Å². The second kappa shape index (κ2) is 5.96. The van der Waals surface area contributed by atoms with Crippen molar-refractivity contribution in [3.63, 3.8) is 0 Å². The predicted molar refractivity (Wildman–Crippen MR) is 72.1 cm³/mol. The van der Waals surface area contributed by atoms with E-state index >= 15 is 0 Å². The van der Waals surface area contributed by atoms with Crippen LogP contribution in [0.3, 0.4) is 0 Å². The van der Waals surface area contributed by atoms with Crippen LogP contribution >= 0.6 is 0 Å². The second-order valence-electron chi connectivity index (χ2n) is 5.92. The summed E-state index contributed by atoms with van der Waals surface area (Å²) in [5.74, 6) is 1.62.